The fourth-order valence-electron chi connectivity index (χ4n) is 2.64. The molecule has 0 saturated carbocycles. The summed E-state index contributed by atoms with van der Waals surface area (Å²) in [5.74, 6) is 0.964. The topological polar surface area (TPSA) is 29.0 Å². The predicted octanol–water partition coefficient (Wildman–Crippen LogP) is 3.93. The van der Waals surface area contributed by atoms with Gasteiger partial charge in [0.1, 0.15) is 0 Å². The van der Waals surface area contributed by atoms with Gasteiger partial charge in [0, 0.05) is 11.4 Å². The van der Waals surface area contributed by atoms with Crippen molar-refractivity contribution < 1.29 is 0 Å². The van der Waals surface area contributed by atoms with E-state index in [0.29, 0.717) is 11.2 Å². The van der Waals surface area contributed by atoms with E-state index in [2.05, 4.69) is 40.4 Å². The molecule has 0 aromatic carbocycles. The lowest BCUT2D eigenvalue weighted by Crippen LogP contribution is -2.34. The van der Waals surface area contributed by atoms with Crippen LogP contribution in [0.25, 0.3) is 0 Å². The summed E-state index contributed by atoms with van der Waals surface area (Å²) < 4.78 is 0. The van der Waals surface area contributed by atoms with Crippen LogP contribution >= 0.6 is 22.9 Å². The van der Waals surface area contributed by atoms with Crippen LogP contribution in [0.4, 0.5) is 5.82 Å². The van der Waals surface area contributed by atoms with E-state index in [9.17, 15) is 0 Å². The van der Waals surface area contributed by atoms with Gasteiger partial charge in [-0.1, -0.05) is 11.6 Å². The van der Waals surface area contributed by atoms with Gasteiger partial charge in [-0.15, -0.1) is 21.5 Å². The Bertz CT molecular complexity index is 623. The summed E-state index contributed by atoms with van der Waals surface area (Å²) in [4.78, 5) is 3.83. The number of hydrogen-bond acceptors (Lipinski definition) is 4. The van der Waals surface area contributed by atoms with Crippen molar-refractivity contribution in [1.29, 1.82) is 0 Å². The molecule has 2 aromatic rings. The minimum absolute atomic E-state index is 0.351. The molecule has 3 heterocycles. The standard InChI is InChI=1S/C14H16ClN3S/c1-8-9(2)14(17-16-13(8)15)18-6-4-12-11(10(18)3)5-7-19-12/h5,7,10H,4,6H2,1-3H3. The average molecular weight is 294 g/mol. The molecule has 0 radical (unpaired) electrons. The molecule has 0 aliphatic carbocycles. The average Bonchev–Trinajstić information content (AvgIpc) is 2.87. The van der Waals surface area contributed by atoms with Crippen LogP contribution in [0.15, 0.2) is 11.4 Å². The molecular weight excluding hydrogens is 278 g/mol. The summed E-state index contributed by atoms with van der Waals surface area (Å²) in [5, 5.41) is 11.1. The quantitative estimate of drug-likeness (QED) is 0.798. The van der Waals surface area contributed by atoms with Crippen molar-refractivity contribution in [2.45, 2.75) is 33.2 Å². The van der Waals surface area contributed by atoms with E-state index in [4.69, 9.17) is 11.6 Å². The highest BCUT2D eigenvalue weighted by atomic mass is 35.5. The minimum atomic E-state index is 0.351. The van der Waals surface area contributed by atoms with Gasteiger partial charge in [-0.2, -0.15) is 0 Å². The molecule has 0 fully saturated rings. The monoisotopic (exact) mass is 293 g/mol. The Morgan fingerprint density at radius 2 is 2.11 bits per heavy atom. The number of anilines is 1. The number of rotatable bonds is 1. The Kier molecular flexibility index (Phi) is 3.23. The maximum absolute atomic E-state index is 6.03. The molecule has 19 heavy (non-hydrogen) atoms. The number of fused-ring (bicyclic) bond motifs is 1. The first kappa shape index (κ1) is 12.9. The van der Waals surface area contributed by atoms with E-state index in [1.54, 1.807) is 0 Å². The Morgan fingerprint density at radius 1 is 1.32 bits per heavy atom. The van der Waals surface area contributed by atoms with E-state index in [0.717, 1.165) is 29.9 Å². The first-order valence-electron chi connectivity index (χ1n) is 6.42. The van der Waals surface area contributed by atoms with E-state index < -0.39 is 0 Å². The van der Waals surface area contributed by atoms with Gasteiger partial charge in [-0.25, -0.2) is 0 Å². The summed E-state index contributed by atoms with van der Waals surface area (Å²) >= 11 is 7.89. The Balaban J connectivity index is 2.03. The van der Waals surface area contributed by atoms with Gasteiger partial charge in [0.25, 0.3) is 0 Å². The second-order valence-electron chi connectivity index (χ2n) is 4.98. The van der Waals surface area contributed by atoms with Gasteiger partial charge in [-0.3, -0.25) is 0 Å². The van der Waals surface area contributed by atoms with E-state index in [1.165, 1.54) is 10.4 Å². The van der Waals surface area contributed by atoms with Crippen LogP contribution < -0.4 is 4.90 Å². The lowest BCUT2D eigenvalue weighted by Gasteiger charge is -2.35. The van der Waals surface area contributed by atoms with Crippen LogP contribution in [-0.2, 0) is 6.42 Å². The zero-order chi connectivity index (χ0) is 13.6. The van der Waals surface area contributed by atoms with E-state index in [1.807, 2.05) is 18.3 Å². The second kappa shape index (κ2) is 4.76. The molecule has 0 N–H and O–H groups in total. The molecule has 5 heteroatoms. The van der Waals surface area contributed by atoms with Gasteiger partial charge in [-0.05, 0) is 55.3 Å². The van der Waals surface area contributed by atoms with E-state index >= 15 is 0 Å². The predicted molar refractivity (Wildman–Crippen MR) is 80.3 cm³/mol. The summed E-state index contributed by atoms with van der Waals surface area (Å²) in [5.41, 5.74) is 3.57. The Labute approximate surface area is 122 Å². The molecule has 100 valence electrons. The molecule has 0 saturated heterocycles. The van der Waals surface area contributed by atoms with Gasteiger partial charge in [0.05, 0.1) is 6.04 Å². The Hall–Kier alpha value is -1.13. The van der Waals surface area contributed by atoms with Crippen molar-refractivity contribution in [3.8, 4) is 0 Å². The van der Waals surface area contributed by atoms with Crippen molar-refractivity contribution in [2.24, 2.45) is 0 Å². The normalized spacial score (nSPS) is 18.5. The molecule has 0 bridgehead atoms. The smallest absolute Gasteiger partial charge is 0.155 e. The zero-order valence-corrected chi connectivity index (χ0v) is 12.8. The van der Waals surface area contributed by atoms with Crippen molar-refractivity contribution in [2.75, 3.05) is 11.4 Å². The highest BCUT2D eigenvalue weighted by Gasteiger charge is 2.27. The van der Waals surface area contributed by atoms with Crippen LogP contribution in [0.1, 0.15) is 34.5 Å². The van der Waals surface area contributed by atoms with E-state index in [-0.39, 0.29) is 0 Å². The van der Waals surface area contributed by atoms with Crippen LogP contribution in [0.3, 0.4) is 0 Å². The maximum atomic E-state index is 6.03. The summed E-state index contributed by atoms with van der Waals surface area (Å²) in [6.07, 6.45) is 1.08. The zero-order valence-electron chi connectivity index (χ0n) is 11.3. The van der Waals surface area contributed by atoms with Crippen LogP contribution in [0, 0.1) is 13.8 Å². The minimum Gasteiger partial charge on any atom is -0.348 e. The number of thiophene rings is 1. The van der Waals surface area contributed by atoms with Crippen molar-refractivity contribution in [3.05, 3.63) is 38.2 Å². The molecule has 3 rings (SSSR count). The lowest BCUT2D eigenvalue weighted by molar-refractivity contribution is 0.617. The van der Waals surface area contributed by atoms with Crippen LogP contribution in [-0.4, -0.2) is 16.7 Å². The number of aromatic nitrogens is 2. The van der Waals surface area contributed by atoms with Gasteiger partial charge >= 0.3 is 0 Å². The third-order valence-electron chi connectivity index (χ3n) is 3.99. The molecule has 1 aliphatic heterocycles. The Morgan fingerprint density at radius 3 is 2.89 bits per heavy atom. The molecule has 1 aliphatic rings. The molecule has 1 atom stereocenters. The van der Waals surface area contributed by atoms with Crippen molar-refractivity contribution in [3.63, 3.8) is 0 Å². The third-order valence-corrected chi connectivity index (χ3v) is 5.34. The van der Waals surface area contributed by atoms with Gasteiger partial charge in [0.2, 0.25) is 0 Å². The van der Waals surface area contributed by atoms with Crippen LogP contribution in [0.2, 0.25) is 5.15 Å². The molecular formula is C14H16ClN3S. The lowest BCUT2D eigenvalue weighted by atomic mass is 10.0. The molecule has 2 aromatic heterocycles. The first-order valence-corrected chi connectivity index (χ1v) is 7.67. The second-order valence-corrected chi connectivity index (χ2v) is 6.34. The third kappa shape index (κ3) is 2.03. The highest BCUT2D eigenvalue weighted by molar-refractivity contribution is 7.10. The molecule has 1 unspecified atom stereocenters. The number of hydrogen-bond donors (Lipinski definition) is 0. The molecule has 0 amide bonds. The fourth-order valence-corrected chi connectivity index (χ4v) is 3.78. The first-order chi connectivity index (χ1) is 9.09. The highest BCUT2D eigenvalue weighted by Crippen LogP contribution is 2.37. The van der Waals surface area contributed by atoms with Gasteiger partial charge in [0.15, 0.2) is 11.0 Å². The van der Waals surface area contributed by atoms with Crippen molar-refractivity contribution >= 4 is 28.8 Å². The summed E-state index contributed by atoms with van der Waals surface area (Å²) in [6.45, 7) is 7.29. The summed E-state index contributed by atoms with van der Waals surface area (Å²) in [6, 6.07) is 2.58. The maximum Gasteiger partial charge on any atom is 0.155 e. The van der Waals surface area contributed by atoms with Crippen molar-refractivity contribution in [1.82, 2.24) is 10.2 Å². The molecule has 0 spiro atoms. The molecule has 3 nitrogen and oxygen atoms in total. The summed E-state index contributed by atoms with van der Waals surface area (Å²) in [7, 11) is 0. The number of nitrogens with zero attached hydrogens (tertiary/aromatic N) is 3. The largest absolute Gasteiger partial charge is 0.348 e. The van der Waals surface area contributed by atoms with Gasteiger partial charge < -0.3 is 4.90 Å². The van der Waals surface area contributed by atoms with Crippen LogP contribution in [0.5, 0.6) is 0 Å². The fraction of sp³-hybridized carbons (Fsp3) is 0.429. The SMILES string of the molecule is Cc1c(Cl)nnc(N2CCc3sccc3C2C)c1C. The number of halogens is 1.